The van der Waals surface area contributed by atoms with Gasteiger partial charge in [-0.05, 0) is 25.8 Å². The monoisotopic (exact) mass is 265 g/mol. The second-order valence-electron chi connectivity index (χ2n) is 4.83. The molecular formula is C14H19NO4. The number of rotatable bonds is 6. The average Bonchev–Trinajstić information content (AvgIpc) is 2.36. The molecule has 0 aliphatic heterocycles. The van der Waals surface area contributed by atoms with E-state index in [1.54, 1.807) is 13.8 Å². The van der Waals surface area contributed by atoms with Gasteiger partial charge in [-0.2, -0.15) is 0 Å². The summed E-state index contributed by atoms with van der Waals surface area (Å²) in [6.45, 7) is 3.58. The molecule has 0 saturated heterocycles. The van der Waals surface area contributed by atoms with Crippen LogP contribution in [-0.4, -0.2) is 23.1 Å². The predicted octanol–water partition coefficient (Wildman–Crippen LogP) is 1.66. The van der Waals surface area contributed by atoms with Crippen LogP contribution in [0.3, 0.4) is 0 Å². The van der Waals surface area contributed by atoms with Gasteiger partial charge in [0.1, 0.15) is 11.6 Å². The Morgan fingerprint density at radius 1 is 1.32 bits per heavy atom. The number of carbonyl (C=O) groups excluding carboxylic acids is 1. The number of carboxylic acid groups (broad SMARTS) is 1. The maximum atomic E-state index is 11.7. The molecule has 0 amide bonds. The lowest BCUT2D eigenvalue weighted by Gasteiger charge is -2.25. The summed E-state index contributed by atoms with van der Waals surface area (Å²) in [6, 6.07) is 8.32. The molecule has 0 spiro atoms. The highest BCUT2D eigenvalue weighted by Gasteiger charge is 2.25. The average molecular weight is 265 g/mol. The van der Waals surface area contributed by atoms with Gasteiger partial charge in [0, 0.05) is 6.42 Å². The Labute approximate surface area is 112 Å². The van der Waals surface area contributed by atoms with E-state index in [0.29, 0.717) is 0 Å². The summed E-state index contributed by atoms with van der Waals surface area (Å²) in [4.78, 5) is 22.2. The lowest BCUT2D eigenvalue weighted by atomic mass is 9.98. The summed E-state index contributed by atoms with van der Waals surface area (Å²) in [7, 11) is 0. The number of hydrogen-bond donors (Lipinski definition) is 2. The summed E-state index contributed by atoms with van der Waals surface area (Å²) in [5, 5.41) is 8.63. The molecule has 1 aromatic rings. The smallest absolute Gasteiger partial charge is 0.320 e. The van der Waals surface area contributed by atoms with Crippen LogP contribution in [0.25, 0.3) is 0 Å². The molecule has 0 bridgehead atoms. The molecular weight excluding hydrogens is 246 g/mol. The number of carbonyl (C=O) groups is 2. The standard InChI is InChI=1S/C14H19NO4/c1-14(2,10-6-4-3-5-7-10)19-12(16)9-8-11(15)13(17)18/h3-7,11H,8-9,15H2,1-2H3,(H,17,18)/t11-/m0/s1. The van der Waals surface area contributed by atoms with E-state index in [1.165, 1.54) is 0 Å². The molecule has 5 heteroatoms. The van der Waals surface area contributed by atoms with Crippen LogP contribution < -0.4 is 5.73 Å². The summed E-state index contributed by atoms with van der Waals surface area (Å²) in [5.41, 5.74) is 5.47. The molecule has 104 valence electrons. The lowest BCUT2D eigenvalue weighted by Crippen LogP contribution is -2.32. The molecule has 0 aliphatic carbocycles. The topological polar surface area (TPSA) is 89.6 Å². The van der Waals surface area contributed by atoms with Crippen LogP contribution in [0.5, 0.6) is 0 Å². The van der Waals surface area contributed by atoms with Crippen LogP contribution in [0.2, 0.25) is 0 Å². The van der Waals surface area contributed by atoms with Crippen molar-refractivity contribution in [1.29, 1.82) is 0 Å². The number of esters is 1. The number of aliphatic carboxylic acids is 1. The van der Waals surface area contributed by atoms with Crippen molar-refractivity contribution in [2.24, 2.45) is 5.73 Å². The predicted molar refractivity (Wildman–Crippen MR) is 70.4 cm³/mol. The molecule has 3 N–H and O–H groups in total. The van der Waals surface area contributed by atoms with Crippen molar-refractivity contribution in [2.45, 2.75) is 38.3 Å². The van der Waals surface area contributed by atoms with Crippen molar-refractivity contribution < 1.29 is 19.4 Å². The van der Waals surface area contributed by atoms with Gasteiger partial charge in [0.25, 0.3) is 0 Å². The molecule has 0 heterocycles. The van der Waals surface area contributed by atoms with Crippen LogP contribution in [-0.2, 0) is 19.9 Å². The van der Waals surface area contributed by atoms with E-state index in [9.17, 15) is 9.59 Å². The van der Waals surface area contributed by atoms with E-state index in [0.717, 1.165) is 5.56 Å². The van der Waals surface area contributed by atoms with Crippen LogP contribution in [0.1, 0.15) is 32.3 Å². The number of ether oxygens (including phenoxy) is 1. The fourth-order valence-corrected chi connectivity index (χ4v) is 1.63. The highest BCUT2D eigenvalue weighted by molar-refractivity contribution is 5.75. The molecule has 5 nitrogen and oxygen atoms in total. The van der Waals surface area contributed by atoms with Gasteiger partial charge in [0.15, 0.2) is 0 Å². The first-order chi connectivity index (χ1) is 8.83. The van der Waals surface area contributed by atoms with Gasteiger partial charge in [0.2, 0.25) is 0 Å². The molecule has 19 heavy (non-hydrogen) atoms. The van der Waals surface area contributed by atoms with Gasteiger partial charge in [-0.15, -0.1) is 0 Å². The van der Waals surface area contributed by atoms with Gasteiger partial charge in [-0.25, -0.2) is 0 Å². The molecule has 1 atom stereocenters. The van der Waals surface area contributed by atoms with Crippen molar-refractivity contribution in [3.05, 3.63) is 35.9 Å². The largest absolute Gasteiger partial charge is 0.480 e. The lowest BCUT2D eigenvalue weighted by molar-refractivity contribution is -0.157. The second kappa shape index (κ2) is 6.33. The summed E-state index contributed by atoms with van der Waals surface area (Å²) < 4.78 is 5.37. The third-order valence-corrected chi connectivity index (χ3v) is 2.81. The number of carboxylic acids is 1. The van der Waals surface area contributed by atoms with Crippen molar-refractivity contribution in [3.63, 3.8) is 0 Å². The van der Waals surface area contributed by atoms with E-state index in [2.05, 4.69) is 0 Å². The maximum absolute atomic E-state index is 11.7. The maximum Gasteiger partial charge on any atom is 0.320 e. The van der Waals surface area contributed by atoms with Crippen molar-refractivity contribution >= 4 is 11.9 Å². The Bertz CT molecular complexity index is 442. The highest BCUT2D eigenvalue weighted by atomic mass is 16.6. The molecule has 0 saturated carbocycles. The second-order valence-corrected chi connectivity index (χ2v) is 4.83. The third-order valence-electron chi connectivity index (χ3n) is 2.81. The number of nitrogens with two attached hydrogens (primary N) is 1. The van der Waals surface area contributed by atoms with Crippen molar-refractivity contribution in [1.82, 2.24) is 0 Å². The Balaban J connectivity index is 2.54. The van der Waals surface area contributed by atoms with E-state index < -0.39 is 23.6 Å². The van der Waals surface area contributed by atoms with Crippen molar-refractivity contribution in [2.75, 3.05) is 0 Å². The van der Waals surface area contributed by atoms with Gasteiger partial charge in [0.05, 0.1) is 0 Å². The first-order valence-corrected chi connectivity index (χ1v) is 6.08. The minimum atomic E-state index is -1.12. The van der Waals surface area contributed by atoms with E-state index in [4.69, 9.17) is 15.6 Å². The fourth-order valence-electron chi connectivity index (χ4n) is 1.63. The Hall–Kier alpha value is -1.88. The SMILES string of the molecule is CC(C)(OC(=O)CC[C@H](N)C(=O)O)c1ccccc1. The zero-order chi connectivity index (χ0) is 14.5. The minimum Gasteiger partial charge on any atom is -0.480 e. The van der Waals surface area contributed by atoms with Crippen LogP contribution in [0.4, 0.5) is 0 Å². The first kappa shape index (κ1) is 15.2. The van der Waals surface area contributed by atoms with Gasteiger partial charge < -0.3 is 15.6 Å². The summed E-state index contributed by atoms with van der Waals surface area (Å²) in [6.07, 6.45) is 0.0583. The third kappa shape index (κ3) is 4.71. The Kier molecular flexibility index (Phi) is 5.06. The summed E-state index contributed by atoms with van der Waals surface area (Å²) in [5.74, 6) is -1.57. The Morgan fingerprint density at radius 2 is 1.89 bits per heavy atom. The normalized spacial score (nSPS) is 12.8. The zero-order valence-electron chi connectivity index (χ0n) is 11.1. The minimum absolute atomic E-state index is 0.0102. The van der Waals surface area contributed by atoms with Crippen LogP contribution >= 0.6 is 0 Å². The quantitative estimate of drug-likeness (QED) is 0.763. The first-order valence-electron chi connectivity index (χ1n) is 6.08. The number of benzene rings is 1. The molecule has 0 aromatic heterocycles. The van der Waals surface area contributed by atoms with Crippen LogP contribution in [0.15, 0.2) is 30.3 Å². The molecule has 0 aliphatic rings. The van der Waals surface area contributed by atoms with E-state index in [-0.39, 0.29) is 12.8 Å². The molecule has 1 aromatic carbocycles. The van der Waals surface area contributed by atoms with Crippen LogP contribution in [0, 0.1) is 0 Å². The zero-order valence-corrected chi connectivity index (χ0v) is 11.1. The van der Waals surface area contributed by atoms with Gasteiger partial charge in [-0.1, -0.05) is 30.3 Å². The highest BCUT2D eigenvalue weighted by Crippen LogP contribution is 2.25. The molecule has 0 unspecified atom stereocenters. The summed E-state index contributed by atoms with van der Waals surface area (Å²) >= 11 is 0. The van der Waals surface area contributed by atoms with Gasteiger partial charge in [-0.3, -0.25) is 9.59 Å². The molecule has 1 rings (SSSR count). The molecule has 0 radical (unpaired) electrons. The van der Waals surface area contributed by atoms with E-state index in [1.807, 2.05) is 30.3 Å². The van der Waals surface area contributed by atoms with Crippen molar-refractivity contribution in [3.8, 4) is 0 Å². The van der Waals surface area contributed by atoms with Gasteiger partial charge >= 0.3 is 11.9 Å². The Morgan fingerprint density at radius 3 is 2.42 bits per heavy atom. The number of hydrogen-bond acceptors (Lipinski definition) is 4. The fraction of sp³-hybridized carbons (Fsp3) is 0.429. The van der Waals surface area contributed by atoms with E-state index >= 15 is 0 Å². The molecule has 0 fully saturated rings.